The van der Waals surface area contributed by atoms with Gasteiger partial charge in [-0.1, -0.05) is 54.4 Å². The van der Waals surface area contributed by atoms with Gasteiger partial charge in [0.05, 0.1) is 5.75 Å². The van der Waals surface area contributed by atoms with E-state index in [0.29, 0.717) is 28.8 Å². The van der Waals surface area contributed by atoms with Gasteiger partial charge in [-0.25, -0.2) is 0 Å². The van der Waals surface area contributed by atoms with Crippen molar-refractivity contribution in [2.45, 2.75) is 51.6 Å². The van der Waals surface area contributed by atoms with Gasteiger partial charge in [0.1, 0.15) is 6.04 Å². The number of rotatable bonds is 10. The lowest BCUT2D eigenvalue weighted by atomic mass is 10.1. The Morgan fingerprint density at radius 2 is 1.73 bits per heavy atom. The smallest absolute Gasteiger partial charge is 0.243 e. The Bertz CT molecular complexity index is 843. The molecule has 0 unspecified atom stereocenters. The molecule has 0 radical (unpaired) electrons. The summed E-state index contributed by atoms with van der Waals surface area (Å²) in [5.74, 6) is 0.763. The Kier molecular flexibility index (Phi) is 10.0. The first-order valence-corrected chi connectivity index (χ1v) is 11.9. The molecule has 30 heavy (non-hydrogen) atoms. The van der Waals surface area contributed by atoms with E-state index in [1.807, 2.05) is 57.2 Å². The van der Waals surface area contributed by atoms with Crippen LogP contribution < -0.4 is 5.32 Å². The van der Waals surface area contributed by atoms with Crippen LogP contribution in [0.3, 0.4) is 0 Å². The van der Waals surface area contributed by atoms with E-state index in [2.05, 4.69) is 5.32 Å². The third-order valence-electron chi connectivity index (χ3n) is 4.47. The third kappa shape index (κ3) is 7.86. The summed E-state index contributed by atoms with van der Waals surface area (Å²) in [4.78, 5) is 27.6. The number of nitrogens with zero attached hydrogens (tertiary/aromatic N) is 1. The summed E-state index contributed by atoms with van der Waals surface area (Å²) in [5.41, 5.74) is 2.00. The number of thioether (sulfide) groups is 1. The molecule has 0 aliphatic carbocycles. The SMILES string of the molecule is CC[C@H](C(=O)NC(C)C)N(Cc1ccc(Cl)cc1)C(=O)CSCc1cccc(Cl)c1. The molecule has 0 heterocycles. The van der Waals surface area contributed by atoms with E-state index in [1.165, 1.54) is 11.8 Å². The zero-order valence-corrected chi connectivity index (χ0v) is 19.9. The second-order valence-electron chi connectivity index (χ2n) is 7.36. The van der Waals surface area contributed by atoms with Gasteiger partial charge in [0.25, 0.3) is 0 Å². The highest BCUT2D eigenvalue weighted by Gasteiger charge is 2.28. The molecule has 162 valence electrons. The number of carbonyl (C=O) groups excluding carboxylic acids is 2. The van der Waals surface area contributed by atoms with Gasteiger partial charge < -0.3 is 10.2 Å². The van der Waals surface area contributed by atoms with Gasteiger partial charge in [0.2, 0.25) is 11.8 Å². The highest BCUT2D eigenvalue weighted by molar-refractivity contribution is 7.99. The summed E-state index contributed by atoms with van der Waals surface area (Å²) in [6, 6.07) is 14.5. The van der Waals surface area contributed by atoms with Crippen molar-refractivity contribution in [1.29, 1.82) is 0 Å². The number of carbonyl (C=O) groups is 2. The maximum absolute atomic E-state index is 13.1. The number of hydrogen-bond acceptors (Lipinski definition) is 3. The number of amides is 2. The summed E-state index contributed by atoms with van der Waals surface area (Å²) in [7, 11) is 0. The fourth-order valence-electron chi connectivity index (χ4n) is 3.05. The van der Waals surface area contributed by atoms with E-state index in [0.717, 1.165) is 11.1 Å². The van der Waals surface area contributed by atoms with Crippen molar-refractivity contribution in [3.63, 3.8) is 0 Å². The monoisotopic (exact) mass is 466 g/mol. The van der Waals surface area contributed by atoms with Crippen LogP contribution in [-0.2, 0) is 21.9 Å². The summed E-state index contributed by atoms with van der Waals surface area (Å²) < 4.78 is 0. The lowest BCUT2D eigenvalue weighted by Crippen LogP contribution is -2.50. The molecule has 0 spiro atoms. The Balaban J connectivity index is 2.12. The molecular formula is C23H28Cl2N2O2S. The van der Waals surface area contributed by atoms with Crippen LogP contribution >= 0.6 is 35.0 Å². The second-order valence-corrected chi connectivity index (χ2v) is 9.22. The number of benzene rings is 2. The van der Waals surface area contributed by atoms with Gasteiger partial charge in [-0.3, -0.25) is 9.59 Å². The third-order valence-corrected chi connectivity index (χ3v) is 5.94. The zero-order chi connectivity index (χ0) is 22.1. The molecule has 0 saturated carbocycles. The van der Waals surface area contributed by atoms with Crippen LogP contribution in [0.2, 0.25) is 10.0 Å². The first-order chi connectivity index (χ1) is 14.3. The van der Waals surface area contributed by atoms with E-state index >= 15 is 0 Å². The van der Waals surface area contributed by atoms with Crippen LogP contribution in [-0.4, -0.2) is 34.6 Å². The van der Waals surface area contributed by atoms with E-state index < -0.39 is 6.04 Å². The van der Waals surface area contributed by atoms with Gasteiger partial charge in [-0.15, -0.1) is 11.8 Å². The molecule has 0 bridgehead atoms. The molecule has 2 aromatic carbocycles. The predicted molar refractivity (Wildman–Crippen MR) is 127 cm³/mol. The van der Waals surface area contributed by atoms with Crippen molar-refractivity contribution in [2.24, 2.45) is 0 Å². The molecule has 0 aliphatic heterocycles. The van der Waals surface area contributed by atoms with E-state index in [-0.39, 0.29) is 23.6 Å². The number of nitrogens with one attached hydrogen (secondary N) is 1. The van der Waals surface area contributed by atoms with Gasteiger partial charge in [0, 0.05) is 28.4 Å². The van der Waals surface area contributed by atoms with Crippen LogP contribution in [0.1, 0.15) is 38.3 Å². The molecule has 0 aromatic heterocycles. The number of hydrogen-bond donors (Lipinski definition) is 1. The number of halogens is 2. The van der Waals surface area contributed by atoms with Crippen molar-refractivity contribution in [1.82, 2.24) is 10.2 Å². The molecule has 2 rings (SSSR count). The van der Waals surface area contributed by atoms with Crippen molar-refractivity contribution in [2.75, 3.05) is 5.75 Å². The maximum atomic E-state index is 13.1. The summed E-state index contributed by atoms with van der Waals surface area (Å²) in [5, 5.41) is 4.25. The average Bonchev–Trinajstić information content (AvgIpc) is 2.68. The van der Waals surface area contributed by atoms with Crippen molar-refractivity contribution >= 4 is 46.8 Å². The molecule has 0 aliphatic rings. The molecular weight excluding hydrogens is 439 g/mol. The molecule has 0 fully saturated rings. The van der Waals surface area contributed by atoms with Crippen LogP contribution in [0.5, 0.6) is 0 Å². The summed E-state index contributed by atoms with van der Waals surface area (Å²) in [6.07, 6.45) is 0.539. The molecule has 7 heteroatoms. The molecule has 2 amide bonds. The van der Waals surface area contributed by atoms with Crippen LogP contribution in [0.4, 0.5) is 0 Å². The zero-order valence-electron chi connectivity index (χ0n) is 17.5. The van der Waals surface area contributed by atoms with Crippen molar-refractivity contribution in [3.8, 4) is 0 Å². The van der Waals surface area contributed by atoms with E-state index in [4.69, 9.17) is 23.2 Å². The van der Waals surface area contributed by atoms with Crippen LogP contribution in [0, 0.1) is 0 Å². The summed E-state index contributed by atoms with van der Waals surface area (Å²) in [6.45, 7) is 6.11. The van der Waals surface area contributed by atoms with E-state index in [1.54, 1.807) is 17.0 Å². The van der Waals surface area contributed by atoms with Crippen molar-refractivity contribution in [3.05, 3.63) is 69.7 Å². The lowest BCUT2D eigenvalue weighted by molar-refractivity contribution is -0.139. The molecule has 0 saturated heterocycles. The van der Waals surface area contributed by atoms with Crippen molar-refractivity contribution < 1.29 is 9.59 Å². The lowest BCUT2D eigenvalue weighted by Gasteiger charge is -2.31. The fourth-order valence-corrected chi connectivity index (χ4v) is 4.25. The first kappa shape index (κ1) is 24.6. The minimum atomic E-state index is -0.526. The highest BCUT2D eigenvalue weighted by Crippen LogP contribution is 2.20. The average molecular weight is 467 g/mol. The summed E-state index contributed by atoms with van der Waals surface area (Å²) >= 11 is 13.5. The largest absolute Gasteiger partial charge is 0.352 e. The minimum Gasteiger partial charge on any atom is -0.352 e. The van der Waals surface area contributed by atoms with Gasteiger partial charge in [0.15, 0.2) is 0 Å². The fraction of sp³-hybridized carbons (Fsp3) is 0.391. The quantitative estimate of drug-likeness (QED) is 0.498. The van der Waals surface area contributed by atoms with Crippen LogP contribution in [0.15, 0.2) is 48.5 Å². The van der Waals surface area contributed by atoms with Crippen LogP contribution in [0.25, 0.3) is 0 Å². The molecule has 2 aromatic rings. The maximum Gasteiger partial charge on any atom is 0.243 e. The van der Waals surface area contributed by atoms with E-state index in [9.17, 15) is 9.59 Å². The Hall–Kier alpha value is -1.69. The first-order valence-electron chi connectivity index (χ1n) is 9.96. The Labute approximate surface area is 193 Å². The molecule has 1 N–H and O–H groups in total. The second kappa shape index (κ2) is 12.2. The molecule has 4 nitrogen and oxygen atoms in total. The normalized spacial score (nSPS) is 11.9. The molecule has 1 atom stereocenters. The topological polar surface area (TPSA) is 49.4 Å². The minimum absolute atomic E-state index is 0.0104. The standard InChI is InChI=1S/C23H28Cl2N2O2S/c1-4-21(23(29)26-16(2)3)27(13-17-8-10-19(24)11-9-17)22(28)15-30-14-18-6-5-7-20(25)12-18/h5-12,16,21H,4,13-15H2,1-3H3,(H,26,29)/t21-/m1/s1. The highest BCUT2D eigenvalue weighted by atomic mass is 35.5. The Morgan fingerprint density at radius 1 is 1.03 bits per heavy atom. The van der Waals surface area contributed by atoms with Gasteiger partial charge >= 0.3 is 0 Å². The van der Waals surface area contributed by atoms with Gasteiger partial charge in [-0.05, 0) is 55.7 Å². The Morgan fingerprint density at radius 3 is 2.33 bits per heavy atom. The van der Waals surface area contributed by atoms with Gasteiger partial charge in [-0.2, -0.15) is 0 Å². The predicted octanol–water partition coefficient (Wildman–Crippen LogP) is 5.56.